The van der Waals surface area contributed by atoms with E-state index in [1.165, 1.54) is 19.1 Å². The monoisotopic (exact) mass is 734 g/mol. The summed E-state index contributed by atoms with van der Waals surface area (Å²) < 4.78 is 63.7. The minimum atomic E-state index is -1.01. The van der Waals surface area contributed by atoms with Crippen LogP contribution >= 0.6 is 23.2 Å². The molecule has 0 radical (unpaired) electrons. The number of nitrogens with one attached hydrogen (secondary N) is 2. The van der Waals surface area contributed by atoms with E-state index in [-0.39, 0.29) is 55.9 Å². The van der Waals surface area contributed by atoms with E-state index in [1.807, 2.05) is 6.07 Å². The maximum absolute atomic E-state index is 14.9. The SMILES string of the molecule is CC(=O)c1nc(-c2ccc3cc[nH]c3c2F)c(F)c(N)c1Cl.Nc1c(F)c(-c2ccc3cc[nH]c3c2F)nc(C(=O)OCc2ccccc2)c1Cl. The molecular weight excluding hydrogens is 711 g/mol. The normalized spacial score (nSPS) is 11.0. The number of aromatic amines is 2. The first-order valence-corrected chi connectivity index (χ1v) is 15.7. The lowest BCUT2D eigenvalue weighted by Crippen LogP contribution is -2.12. The topological polar surface area (TPSA) is 153 Å². The van der Waals surface area contributed by atoms with Gasteiger partial charge in [-0.25, -0.2) is 32.3 Å². The molecule has 9 nitrogen and oxygen atoms in total. The van der Waals surface area contributed by atoms with Crippen molar-refractivity contribution in [2.24, 2.45) is 0 Å². The van der Waals surface area contributed by atoms with Crippen LogP contribution in [0.15, 0.2) is 79.1 Å². The fraction of sp³-hybridized carbons (Fsp3) is 0.0556. The molecule has 0 bridgehead atoms. The molecule has 0 atom stereocenters. The number of Topliss-reactive ketones (excluding diaryl/α,β-unsaturated/α-hetero) is 1. The molecule has 0 aliphatic heterocycles. The summed E-state index contributed by atoms with van der Waals surface area (Å²) >= 11 is 11.8. The van der Waals surface area contributed by atoms with Crippen molar-refractivity contribution in [1.29, 1.82) is 0 Å². The molecule has 0 spiro atoms. The maximum atomic E-state index is 14.9. The Morgan fingerprint density at radius 2 is 1.16 bits per heavy atom. The van der Waals surface area contributed by atoms with Gasteiger partial charge in [-0.15, -0.1) is 0 Å². The average Bonchev–Trinajstić information content (AvgIpc) is 3.82. The summed E-state index contributed by atoms with van der Waals surface area (Å²) in [5.41, 5.74) is 9.91. The van der Waals surface area contributed by atoms with E-state index in [4.69, 9.17) is 39.4 Å². The summed E-state index contributed by atoms with van der Waals surface area (Å²) in [5, 5.41) is 0.590. The summed E-state index contributed by atoms with van der Waals surface area (Å²) in [7, 11) is 0. The quantitative estimate of drug-likeness (QED) is 0.0755. The van der Waals surface area contributed by atoms with Crippen LogP contribution in [0, 0.1) is 23.3 Å². The lowest BCUT2D eigenvalue weighted by atomic mass is 10.1. The Kier molecular flexibility index (Phi) is 9.68. The largest absolute Gasteiger partial charge is 0.456 e. The van der Waals surface area contributed by atoms with Crippen LogP contribution in [0.2, 0.25) is 10.0 Å². The van der Waals surface area contributed by atoms with E-state index in [2.05, 4.69) is 19.9 Å². The van der Waals surface area contributed by atoms with Crippen molar-refractivity contribution < 1.29 is 31.9 Å². The zero-order valence-electron chi connectivity index (χ0n) is 26.3. The number of esters is 1. The standard InChI is InChI=1S/C21H14ClF2N3O2.C15H10ClF2N3O/c22-14-17(25)16(24)19(13-7-6-12-8-9-26-18(12)15(13)23)27-20(14)21(28)29-10-11-4-2-1-3-5-11;1-6(22)13-9(16)12(19)11(18)15(21-13)8-3-2-7-4-5-20-14(7)10(8)17/h1-9,26H,10H2,(H2,25,27);2-5,20H,1H3,(H2,19,21). The van der Waals surface area contributed by atoms with E-state index < -0.39 is 52.1 Å². The number of pyridine rings is 2. The van der Waals surface area contributed by atoms with Gasteiger partial charge in [-0.2, -0.15) is 0 Å². The molecule has 258 valence electrons. The van der Waals surface area contributed by atoms with Gasteiger partial charge in [0.2, 0.25) is 0 Å². The number of fused-ring (bicyclic) bond motifs is 2. The third kappa shape index (κ3) is 6.56. The van der Waals surface area contributed by atoms with Gasteiger partial charge in [0.25, 0.3) is 0 Å². The Morgan fingerprint density at radius 3 is 1.65 bits per heavy atom. The number of rotatable bonds is 6. The van der Waals surface area contributed by atoms with Crippen LogP contribution in [-0.4, -0.2) is 31.7 Å². The number of nitrogen functional groups attached to an aromatic ring is 2. The number of anilines is 2. The average molecular weight is 736 g/mol. The van der Waals surface area contributed by atoms with Gasteiger partial charge >= 0.3 is 5.97 Å². The molecule has 7 aromatic rings. The third-order valence-corrected chi connectivity index (χ3v) is 8.57. The summed E-state index contributed by atoms with van der Waals surface area (Å²) in [5.74, 6) is -4.75. The summed E-state index contributed by atoms with van der Waals surface area (Å²) in [4.78, 5) is 37.3. The van der Waals surface area contributed by atoms with Crippen LogP contribution < -0.4 is 11.5 Å². The van der Waals surface area contributed by atoms with Crippen molar-refractivity contribution in [3.8, 4) is 22.5 Å². The molecule has 0 saturated heterocycles. The molecule has 0 saturated carbocycles. The van der Waals surface area contributed by atoms with Gasteiger partial charge in [0.1, 0.15) is 23.7 Å². The third-order valence-electron chi connectivity index (χ3n) is 7.80. The molecule has 6 N–H and O–H groups in total. The fourth-order valence-electron chi connectivity index (χ4n) is 5.19. The van der Waals surface area contributed by atoms with Crippen LogP contribution in [0.25, 0.3) is 44.3 Å². The van der Waals surface area contributed by atoms with Gasteiger partial charge in [-0.3, -0.25) is 4.79 Å². The fourth-order valence-corrected chi connectivity index (χ4v) is 5.65. The Bertz CT molecular complexity index is 2490. The number of nitrogens with zero attached hydrogens (tertiary/aromatic N) is 2. The smallest absolute Gasteiger partial charge is 0.358 e. The van der Waals surface area contributed by atoms with Gasteiger partial charge in [-0.05, 0) is 29.8 Å². The zero-order valence-corrected chi connectivity index (χ0v) is 27.8. The second-order valence-corrected chi connectivity index (χ2v) is 11.8. The highest BCUT2D eigenvalue weighted by molar-refractivity contribution is 6.36. The van der Waals surface area contributed by atoms with Crippen molar-refractivity contribution in [1.82, 2.24) is 19.9 Å². The maximum Gasteiger partial charge on any atom is 0.358 e. The number of hydrogen-bond donors (Lipinski definition) is 4. The van der Waals surface area contributed by atoms with Gasteiger partial charge in [0.15, 0.2) is 34.7 Å². The number of H-pyrrole nitrogens is 2. The van der Waals surface area contributed by atoms with Crippen LogP contribution in [0.3, 0.4) is 0 Å². The number of nitrogens with two attached hydrogens (primary N) is 2. The Morgan fingerprint density at radius 1 is 0.686 bits per heavy atom. The van der Waals surface area contributed by atoms with Crippen molar-refractivity contribution in [3.63, 3.8) is 0 Å². The molecule has 7 rings (SSSR count). The van der Waals surface area contributed by atoms with Crippen molar-refractivity contribution in [2.45, 2.75) is 13.5 Å². The molecule has 3 aromatic carbocycles. The number of ether oxygens (including phenoxy) is 1. The van der Waals surface area contributed by atoms with Gasteiger partial charge in [0.05, 0.1) is 32.5 Å². The Labute approximate surface area is 296 Å². The first-order valence-electron chi connectivity index (χ1n) is 14.9. The zero-order chi connectivity index (χ0) is 36.6. The second kappa shape index (κ2) is 14.1. The molecule has 0 aliphatic rings. The first kappa shape index (κ1) is 34.9. The lowest BCUT2D eigenvalue weighted by Gasteiger charge is -2.12. The minimum absolute atomic E-state index is 0.0346. The number of carbonyl (C=O) groups is 2. The van der Waals surface area contributed by atoms with Crippen LogP contribution in [0.1, 0.15) is 33.5 Å². The molecule has 0 fully saturated rings. The van der Waals surface area contributed by atoms with E-state index >= 15 is 0 Å². The minimum Gasteiger partial charge on any atom is -0.456 e. The molecular formula is C36H24Cl2F4N6O3. The summed E-state index contributed by atoms with van der Waals surface area (Å²) in [6, 6.07) is 18.3. The summed E-state index contributed by atoms with van der Waals surface area (Å²) in [6.45, 7) is 1.19. The van der Waals surface area contributed by atoms with Gasteiger partial charge < -0.3 is 26.2 Å². The van der Waals surface area contributed by atoms with Crippen LogP contribution in [0.5, 0.6) is 0 Å². The number of ketones is 1. The van der Waals surface area contributed by atoms with Crippen molar-refractivity contribution in [2.75, 3.05) is 11.5 Å². The number of aromatic nitrogens is 4. The van der Waals surface area contributed by atoms with Gasteiger partial charge in [-0.1, -0.05) is 65.7 Å². The lowest BCUT2D eigenvalue weighted by molar-refractivity contribution is 0.0466. The number of hydrogen-bond acceptors (Lipinski definition) is 7. The second-order valence-electron chi connectivity index (χ2n) is 11.1. The van der Waals surface area contributed by atoms with E-state index in [0.717, 1.165) is 5.56 Å². The highest BCUT2D eigenvalue weighted by Crippen LogP contribution is 2.37. The molecule has 15 heteroatoms. The first-order chi connectivity index (χ1) is 24.4. The molecule has 4 heterocycles. The van der Waals surface area contributed by atoms with Crippen LogP contribution in [0.4, 0.5) is 28.9 Å². The van der Waals surface area contributed by atoms with E-state index in [0.29, 0.717) is 10.8 Å². The predicted octanol–water partition coefficient (Wildman–Crippen LogP) is 9.05. The molecule has 0 amide bonds. The predicted molar refractivity (Wildman–Crippen MR) is 187 cm³/mol. The highest BCUT2D eigenvalue weighted by Gasteiger charge is 2.26. The highest BCUT2D eigenvalue weighted by atomic mass is 35.5. The Hall–Kier alpha value is -5.92. The molecule has 0 unspecified atom stereocenters. The molecule has 51 heavy (non-hydrogen) atoms. The van der Waals surface area contributed by atoms with E-state index in [1.54, 1.807) is 60.9 Å². The van der Waals surface area contributed by atoms with Crippen molar-refractivity contribution in [3.05, 3.63) is 129 Å². The molecule has 4 aromatic heterocycles. The Balaban J connectivity index is 0.000000183. The number of halogens is 6. The number of benzene rings is 3. The summed E-state index contributed by atoms with van der Waals surface area (Å²) in [6.07, 6.45) is 3.13. The molecule has 0 aliphatic carbocycles. The van der Waals surface area contributed by atoms with Crippen molar-refractivity contribution >= 4 is 68.1 Å². The number of carbonyl (C=O) groups excluding carboxylic acids is 2. The van der Waals surface area contributed by atoms with Crippen LogP contribution in [-0.2, 0) is 11.3 Å². The van der Waals surface area contributed by atoms with E-state index in [9.17, 15) is 27.2 Å². The van der Waals surface area contributed by atoms with Gasteiger partial charge in [0, 0.05) is 41.2 Å².